The van der Waals surface area contributed by atoms with Crippen molar-refractivity contribution in [2.75, 3.05) is 67.6 Å². The molecule has 16 heteroatoms. The minimum absolute atomic E-state index is 0.125. The fourth-order valence-corrected chi connectivity index (χ4v) is 9.78. The van der Waals surface area contributed by atoms with E-state index >= 15 is 0 Å². The molecule has 0 rings (SSSR count). The van der Waals surface area contributed by atoms with Gasteiger partial charge >= 0.3 is 35.8 Å². The largest absolute Gasteiger partial charge is 0.460 e. The summed E-state index contributed by atoms with van der Waals surface area (Å²) in [5.41, 5.74) is 0. The Bertz CT molecular complexity index is 1920. The molecule has 90 heavy (non-hydrogen) atoms. The highest BCUT2D eigenvalue weighted by atomic mass is 16.6. The molecule has 0 amide bonds. The number of aliphatic hydroxyl groups is 2. The molecule has 0 aromatic carbocycles. The first-order chi connectivity index (χ1) is 43.4. The summed E-state index contributed by atoms with van der Waals surface area (Å²) < 4.78 is 33.6. The van der Waals surface area contributed by atoms with Crippen molar-refractivity contribution in [3.63, 3.8) is 0 Å². The van der Waals surface area contributed by atoms with E-state index in [4.69, 9.17) is 28.4 Å². The first kappa shape index (κ1) is 84.8. The molecule has 0 radical (unpaired) electrons. The summed E-state index contributed by atoms with van der Waals surface area (Å²) in [4.78, 5) is 74.6. The van der Waals surface area contributed by atoms with Crippen LogP contribution in [0.5, 0.6) is 0 Å². The molecule has 0 saturated carbocycles. The van der Waals surface area contributed by atoms with Crippen LogP contribution in [0, 0.1) is 0 Å². The van der Waals surface area contributed by atoms with Crippen molar-refractivity contribution in [1.29, 1.82) is 0 Å². The summed E-state index contributed by atoms with van der Waals surface area (Å²) >= 11 is 0. The minimum atomic E-state index is -0.785. The molecule has 0 bridgehead atoms. The molecule has 0 heterocycles. The van der Waals surface area contributed by atoms with E-state index in [-0.39, 0.29) is 62.1 Å². The van der Waals surface area contributed by atoms with Gasteiger partial charge in [-0.2, -0.15) is 0 Å². The number of unbranched alkanes of at least 4 members (excludes halogenated alkanes) is 22. The maximum atomic E-state index is 13.0. The maximum absolute atomic E-state index is 13.0. The fourth-order valence-electron chi connectivity index (χ4n) is 9.78. The van der Waals surface area contributed by atoms with Crippen LogP contribution in [0.4, 0.5) is 0 Å². The van der Waals surface area contributed by atoms with Crippen molar-refractivity contribution in [2.45, 2.75) is 283 Å². The number of rotatable bonds is 60. The quantitative estimate of drug-likeness (QED) is 0.0111. The van der Waals surface area contributed by atoms with Crippen molar-refractivity contribution in [3.05, 3.63) is 85.4 Å². The van der Waals surface area contributed by atoms with E-state index in [2.05, 4.69) is 39.8 Å². The Morgan fingerprint density at radius 2 is 0.656 bits per heavy atom. The van der Waals surface area contributed by atoms with Gasteiger partial charge in [0, 0.05) is 25.7 Å². The summed E-state index contributed by atoms with van der Waals surface area (Å²) in [6.07, 6.45) is 53.7. The van der Waals surface area contributed by atoms with Crippen LogP contribution < -0.4 is 0 Å². The molecule has 0 aliphatic rings. The average molecular weight is 1270 g/mol. The van der Waals surface area contributed by atoms with Gasteiger partial charge in [-0.25, -0.2) is 9.59 Å². The number of nitrogens with zero attached hydrogens (tertiary/aromatic N) is 2. The highest BCUT2D eigenvalue weighted by molar-refractivity contribution is 5.72. The molecule has 0 aliphatic carbocycles. The third-order valence-corrected chi connectivity index (χ3v) is 15.5. The molecule has 4 atom stereocenters. The number of allylic oxidation sites excluding steroid dienone is 10. The number of carbonyl (C=O) groups is 6. The van der Waals surface area contributed by atoms with Crippen molar-refractivity contribution in [3.8, 4) is 0 Å². The molecule has 0 aromatic heterocycles. The number of hydrogen-bond acceptors (Lipinski definition) is 14. The standard InChI is InChI=1S/C74H128N2O14/c1-9-13-17-31-43-55-71(81)87-61-57-75(5,6)63-73(83)89-67(51-39-15-11-3)65(77)49-41-33-25-19-21-27-35-45-53-69(79)85-59-47-37-29-23-24-30-38-48-60-86-70(80)54-46-36-28-22-20-26-34-42-50-66(78)68(52-40-16-12-4)90-74(84)64-76(7,8)58-62-88-72(82)56-44-32-18-14-10-2/h23-24,29-30,33-34,37-38,41-42,47-48,59-60,65-68,77-78H,9-22,25-28,31-32,35-36,39-40,43-46,49-58,61-64H2,1-8H3/q+2/b24-23+,37-29+,38-30+,41-33-,42-34-,59-47-,60-48-. The molecular formula is C74H128N2O14+2. The first-order valence-corrected chi connectivity index (χ1v) is 35.1. The van der Waals surface area contributed by atoms with E-state index in [1.807, 2.05) is 64.6 Å². The normalized spacial score (nSPS) is 13.8. The van der Waals surface area contributed by atoms with E-state index in [9.17, 15) is 39.0 Å². The SMILES string of the molecule is CCCCCCCC(=O)OCC[N+](C)(C)CC(=O)OC(CCCCC)C(O)C/C=C\CCCCCCCC(=O)O\C=C/C=C/C=C/C=C/C=C\OC(=O)CCCCCCC/C=C\CC(O)C(CCCCC)OC(=O)C[N+](C)(C)CCOC(=O)CCCCCCC. The van der Waals surface area contributed by atoms with Crippen LogP contribution in [0.3, 0.4) is 0 Å². The number of carbonyl (C=O) groups excluding carboxylic acids is 6. The molecule has 0 fully saturated rings. The van der Waals surface area contributed by atoms with Crippen molar-refractivity contribution < 1.29 is 76.4 Å². The van der Waals surface area contributed by atoms with Gasteiger partial charge in [0.15, 0.2) is 13.1 Å². The molecular weight excluding hydrogens is 1140 g/mol. The Labute approximate surface area is 546 Å². The summed E-state index contributed by atoms with van der Waals surface area (Å²) in [6.45, 7) is 10.3. The zero-order valence-electron chi connectivity index (χ0n) is 57.8. The molecule has 0 aromatic rings. The van der Waals surface area contributed by atoms with E-state index in [0.29, 0.717) is 73.4 Å². The van der Waals surface area contributed by atoms with Crippen LogP contribution in [0.25, 0.3) is 0 Å². The molecule has 516 valence electrons. The highest BCUT2D eigenvalue weighted by Gasteiger charge is 2.29. The number of likely N-dealkylation sites (N-methyl/N-ethyl adjacent to an activating group) is 2. The van der Waals surface area contributed by atoms with Gasteiger partial charge in [0.05, 0.1) is 52.9 Å². The van der Waals surface area contributed by atoms with Gasteiger partial charge in [0.2, 0.25) is 0 Å². The van der Waals surface area contributed by atoms with Gasteiger partial charge in [0.1, 0.15) is 38.5 Å². The van der Waals surface area contributed by atoms with Gasteiger partial charge in [-0.05, 0) is 102 Å². The number of quaternary nitrogens is 2. The average Bonchev–Trinajstić information content (AvgIpc) is 2.44. The molecule has 16 nitrogen and oxygen atoms in total. The zero-order chi connectivity index (χ0) is 66.6. The minimum Gasteiger partial charge on any atom is -0.460 e. The van der Waals surface area contributed by atoms with Gasteiger partial charge in [-0.15, -0.1) is 0 Å². The second kappa shape index (κ2) is 58.9. The van der Waals surface area contributed by atoms with Crippen LogP contribution in [0.2, 0.25) is 0 Å². The molecule has 2 N–H and O–H groups in total. The molecule has 0 spiro atoms. The Hall–Kier alpha value is -5.16. The van der Waals surface area contributed by atoms with Gasteiger partial charge < -0.3 is 47.6 Å². The van der Waals surface area contributed by atoms with Crippen LogP contribution >= 0.6 is 0 Å². The highest BCUT2D eigenvalue weighted by Crippen LogP contribution is 2.19. The van der Waals surface area contributed by atoms with Gasteiger partial charge in [-0.3, -0.25) is 19.2 Å². The zero-order valence-corrected chi connectivity index (χ0v) is 57.8. The second-order valence-electron chi connectivity index (χ2n) is 25.4. The van der Waals surface area contributed by atoms with E-state index in [0.717, 1.165) is 167 Å². The number of ether oxygens (including phenoxy) is 6. The van der Waals surface area contributed by atoms with E-state index in [1.54, 1.807) is 24.3 Å². The topological polar surface area (TPSA) is 198 Å². The Morgan fingerprint density at radius 1 is 0.356 bits per heavy atom. The fraction of sp³-hybridized carbons (Fsp3) is 0.730. The van der Waals surface area contributed by atoms with Gasteiger partial charge in [0.25, 0.3) is 0 Å². The third-order valence-electron chi connectivity index (χ3n) is 15.5. The Kier molecular flexibility index (Phi) is 55.5. The Morgan fingerprint density at radius 3 is 1.01 bits per heavy atom. The lowest BCUT2D eigenvalue weighted by molar-refractivity contribution is -0.883. The van der Waals surface area contributed by atoms with Crippen LogP contribution in [0.15, 0.2) is 85.4 Å². The second-order valence-corrected chi connectivity index (χ2v) is 25.4. The number of esters is 6. The first-order valence-electron chi connectivity index (χ1n) is 35.1. The smallest absolute Gasteiger partial charge is 0.362 e. The van der Waals surface area contributed by atoms with E-state index < -0.39 is 24.4 Å². The van der Waals surface area contributed by atoms with Crippen molar-refractivity contribution >= 4 is 35.8 Å². The van der Waals surface area contributed by atoms with Crippen molar-refractivity contribution in [1.82, 2.24) is 0 Å². The Balaban J connectivity index is 4.25. The summed E-state index contributed by atoms with van der Waals surface area (Å²) in [5, 5.41) is 22.0. The van der Waals surface area contributed by atoms with Crippen LogP contribution in [-0.2, 0) is 57.2 Å². The number of hydrogen-bond donors (Lipinski definition) is 2. The predicted molar refractivity (Wildman–Crippen MR) is 362 cm³/mol. The molecule has 0 aliphatic heterocycles. The lowest BCUT2D eigenvalue weighted by atomic mass is 10.0. The lowest BCUT2D eigenvalue weighted by Crippen LogP contribution is -2.48. The van der Waals surface area contributed by atoms with Crippen LogP contribution in [-0.4, -0.2) is 147 Å². The lowest BCUT2D eigenvalue weighted by Gasteiger charge is -2.30. The molecule has 4 unspecified atom stereocenters. The monoisotopic (exact) mass is 1270 g/mol. The van der Waals surface area contributed by atoms with E-state index in [1.165, 1.54) is 25.4 Å². The summed E-state index contributed by atoms with van der Waals surface area (Å²) in [5.74, 6) is -1.63. The van der Waals surface area contributed by atoms with Crippen molar-refractivity contribution in [2.24, 2.45) is 0 Å². The number of aliphatic hydroxyl groups excluding tert-OH is 2. The third kappa shape index (κ3) is 55.7. The van der Waals surface area contributed by atoms with Gasteiger partial charge in [-0.1, -0.05) is 204 Å². The maximum Gasteiger partial charge on any atom is 0.362 e. The summed E-state index contributed by atoms with van der Waals surface area (Å²) in [6, 6.07) is 0. The van der Waals surface area contributed by atoms with Crippen LogP contribution in [0.1, 0.15) is 259 Å². The predicted octanol–water partition coefficient (Wildman–Crippen LogP) is 15.8. The molecule has 0 saturated heterocycles. The summed E-state index contributed by atoms with van der Waals surface area (Å²) in [7, 11) is 7.66.